The maximum atomic E-state index is 12.1. The van der Waals surface area contributed by atoms with Crippen molar-refractivity contribution in [1.82, 2.24) is 9.97 Å². The Morgan fingerprint density at radius 1 is 1.29 bits per heavy atom. The van der Waals surface area contributed by atoms with Crippen LogP contribution < -0.4 is 4.74 Å². The van der Waals surface area contributed by atoms with Crippen LogP contribution in [-0.4, -0.2) is 29.7 Å². The van der Waals surface area contributed by atoms with Crippen molar-refractivity contribution in [2.24, 2.45) is 0 Å². The topological polar surface area (TPSA) is 64.2 Å². The van der Waals surface area contributed by atoms with E-state index in [-0.39, 0.29) is 18.3 Å². The van der Waals surface area contributed by atoms with Crippen molar-refractivity contribution in [2.45, 2.75) is 19.3 Å². The number of rotatable bonds is 6. The minimum Gasteiger partial charge on any atom is -0.496 e. The first-order valence-corrected chi connectivity index (χ1v) is 7.94. The second-order valence-corrected chi connectivity index (χ2v) is 5.48. The van der Waals surface area contributed by atoms with E-state index in [1.807, 2.05) is 49.5 Å². The van der Waals surface area contributed by atoms with Crippen LogP contribution in [0.15, 0.2) is 48.8 Å². The molecule has 24 heavy (non-hydrogen) atoms. The number of hydrogen-bond donors (Lipinski definition) is 1. The predicted octanol–water partition coefficient (Wildman–Crippen LogP) is 3.66. The monoisotopic (exact) mass is 324 g/mol. The van der Waals surface area contributed by atoms with Crippen molar-refractivity contribution in [1.29, 1.82) is 0 Å². The minimum absolute atomic E-state index is 0.188. The zero-order valence-electron chi connectivity index (χ0n) is 13.8. The second kappa shape index (κ2) is 7.17. The van der Waals surface area contributed by atoms with Gasteiger partial charge in [0.2, 0.25) is 0 Å². The lowest BCUT2D eigenvalue weighted by molar-refractivity contribution is -0.143. The lowest BCUT2D eigenvalue weighted by atomic mass is 9.91. The third kappa shape index (κ3) is 3.25. The van der Waals surface area contributed by atoms with Crippen LogP contribution in [-0.2, 0) is 9.53 Å². The van der Waals surface area contributed by atoms with Crippen molar-refractivity contribution in [3.8, 4) is 5.75 Å². The molecule has 2 aromatic heterocycles. The zero-order chi connectivity index (χ0) is 16.9. The molecule has 2 heterocycles. The Labute approximate surface area is 140 Å². The quantitative estimate of drug-likeness (QED) is 0.703. The van der Waals surface area contributed by atoms with Gasteiger partial charge >= 0.3 is 5.97 Å². The van der Waals surface area contributed by atoms with Crippen molar-refractivity contribution in [2.75, 3.05) is 13.7 Å². The van der Waals surface area contributed by atoms with Crippen LogP contribution in [0.25, 0.3) is 10.9 Å². The van der Waals surface area contributed by atoms with E-state index in [4.69, 9.17) is 9.47 Å². The van der Waals surface area contributed by atoms with Crippen LogP contribution in [0.5, 0.6) is 5.75 Å². The first kappa shape index (κ1) is 16.1. The van der Waals surface area contributed by atoms with Crippen LogP contribution >= 0.6 is 0 Å². The van der Waals surface area contributed by atoms with E-state index in [1.165, 1.54) is 0 Å². The van der Waals surface area contributed by atoms with E-state index in [0.29, 0.717) is 6.61 Å². The van der Waals surface area contributed by atoms with E-state index < -0.39 is 0 Å². The number of carbonyl (C=O) groups is 1. The number of H-pyrrole nitrogens is 1. The highest BCUT2D eigenvalue weighted by Crippen LogP contribution is 2.34. The molecule has 5 nitrogen and oxygen atoms in total. The summed E-state index contributed by atoms with van der Waals surface area (Å²) in [6.45, 7) is 2.18. The van der Waals surface area contributed by atoms with Gasteiger partial charge in [-0.2, -0.15) is 0 Å². The third-order valence-corrected chi connectivity index (χ3v) is 4.00. The van der Waals surface area contributed by atoms with E-state index >= 15 is 0 Å². The van der Waals surface area contributed by atoms with Gasteiger partial charge in [-0.05, 0) is 42.8 Å². The van der Waals surface area contributed by atoms with Crippen molar-refractivity contribution >= 4 is 16.9 Å². The number of carbonyl (C=O) groups excluding carboxylic acids is 1. The molecule has 0 radical (unpaired) electrons. The Balaban J connectivity index is 2.06. The lowest BCUT2D eigenvalue weighted by Crippen LogP contribution is -2.13. The Morgan fingerprint density at radius 2 is 2.17 bits per heavy atom. The third-order valence-electron chi connectivity index (χ3n) is 4.00. The smallest absolute Gasteiger partial charge is 0.306 e. The van der Waals surface area contributed by atoms with Gasteiger partial charge in [-0.3, -0.25) is 9.78 Å². The average Bonchev–Trinajstić information content (AvgIpc) is 3.08. The Hall–Kier alpha value is -2.82. The number of esters is 1. The van der Waals surface area contributed by atoms with Crippen LogP contribution in [0.1, 0.15) is 30.5 Å². The van der Waals surface area contributed by atoms with E-state index in [1.54, 1.807) is 13.3 Å². The van der Waals surface area contributed by atoms with Gasteiger partial charge in [-0.1, -0.05) is 6.07 Å². The molecule has 0 aliphatic carbocycles. The molecule has 0 bridgehead atoms. The number of benzene rings is 1. The Kier molecular flexibility index (Phi) is 4.79. The van der Waals surface area contributed by atoms with E-state index in [0.717, 1.165) is 27.9 Å². The van der Waals surface area contributed by atoms with Crippen LogP contribution in [0.4, 0.5) is 0 Å². The van der Waals surface area contributed by atoms with Crippen LogP contribution in [0, 0.1) is 0 Å². The van der Waals surface area contributed by atoms with E-state index in [9.17, 15) is 4.79 Å². The molecule has 124 valence electrons. The standard InChI is InChI=1S/C19H20N2O3/c1-3-24-19(22)12-15(16-6-4-5-8-20-16)13-10-17-14(7-9-21-17)18(11-13)23-2/h4-11,15,21H,3,12H2,1-2H3. The summed E-state index contributed by atoms with van der Waals surface area (Å²) < 4.78 is 10.6. The highest BCUT2D eigenvalue weighted by molar-refractivity contribution is 5.87. The summed E-state index contributed by atoms with van der Waals surface area (Å²) in [6, 6.07) is 11.7. The summed E-state index contributed by atoms with van der Waals surface area (Å²) in [4.78, 5) is 19.7. The number of aromatic amines is 1. The number of fused-ring (bicyclic) bond motifs is 1. The molecule has 1 unspecified atom stereocenters. The molecule has 0 aliphatic rings. The van der Waals surface area contributed by atoms with Crippen molar-refractivity contribution in [3.05, 3.63) is 60.0 Å². The SMILES string of the molecule is CCOC(=O)CC(c1cc(OC)c2cc[nH]c2c1)c1ccccn1. The number of nitrogens with zero attached hydrogens (tertiary/aromatic N) is 1. The van der Waals surface area contributed by atoms with Crippen molar-refractivity contribution in [3.63, 3.8) is 0 Å². The number of pyridine rings is 1. The molecule has 0 fully saturated rings. The molecule has 0 amide bonds. The molecular weight excluding hydrogens is 304 g/mol. The number of ether oxygens (including phenoxy) is 2. The highest BCUT2D eigenvalue weighted by atomic mass is 16.5. The zero-order valence-corrected chi connectivity index (χ0v) is 13.8. The highest BCUT2D eigenvalue weighted by Gasteiger charge is 2.22. The lowest BCUT2D eigenvalue weighted by Gasteiger charge is -2.17. The number of methoxy groups -OCH3 is 1. The van der Waals surface area contributed by atoms with Gasteiger partial charge in [-0.15, -0.1) is 0 Å². The fourth-order valence-corrected chi connectivity index (χ4v) is 2.89. The average molecular weight is 324 g/mol. The molecule has 1 atom stereocenters. The molecule has 1 N–H and O–H groups in total. The number of hydrogen-bond acceptors (Lipinski definition) is 4. The maximum Gasteiger partial charge on any atom is 0.306 e. The Morgan fingerprint density at radius 3 is 2.88 bits per heavy atom. The summed E-state index contributed by atoms with van der Waals surface area (Å²) in [7, 11) is 1.65. The maximum absolute atomic E-state index is 12.1. The van der Waals surface area contributed by atoms with E-state index in [2.05, 4.69) is 9.97 Å². The molecule has 1 aromatic carbocycles. The summed E-state index contributed by atoms with van der Waals surface area (Å²) in [5, 5.41) is 1.01. The van der Waals surface area contributed by atoms with Crippen molar-refractivity contribution < 1.29 is 14.3 Å². The number of aromatic nitrogens is 2. The summed E-state index contributed by atoms with van der Waals surface area (Å²) >= 11 is 0. The molecule has 0 aliphatic heterocycles. The van der Waals surface area contributed by atoms with Gasteiger partial charge in [0.05, 0.1) is 20.1 Å². The first-order chi connectivity index (χ1) is 11.7. The molecule has 0 spiro atoms. The molecular formula is C19H20N2O3. The molecule has 3 aromatic rings. The van der Waals surface area contributed by atoms with Gasteiger partial charge in [0, 0.05) is 34.9 Å². The fourth-order valence-electron chi connectivity index (χ4n) is 2.89. The van der Waals surface area contributed by atoms with Gasteiger partial charge < -0.3 is 14.5 Å². The fraction of sp³-hybridized carbons (Fsp3) is 0.263. The first-order valence-electron chi connectivity index (χ1n) is 7.94. The van der Waals surface area contributed by atoms with Gasteiger partial charge in [0.15, 0.2) is 0 Å². The molecule has 0 saturated heterocycles. The van der Waals surface area contributed by atoms with Crippen LogP contribution in [0.2, 0.25) is 0 Å². The predicted molar refractivity (Wildman–Crippen MR) is 92.2 cm³/mol. The summed E-state index contributed by atoms with van der Waals surface area (Å²) in [6.07, 6.45) is 3.84. The Bertz CT molecular complexity index is 827. The van der Waals surface area contributed by atoms with Gasteiger partial charge in [0.25, 0.3) is 0 Å². The summed E-state index contributed by atoms with van der Waals surface area (Å²) in [5.74, 6) is 0.346. The summed E-state index contributed by atoms with van der Waals surface area (Å²) in [5.41, 5.74) is 2.77. The normalized spacial score (nSPS) is 12.1. The molecule has 5 heteroatoms. The van der Waals surface area contributed by atoms with Crippen LogP contribution in [0.3, 0.4) is 0 Å². The minimum atomic E-state index is -0.237. The van der Waals surface area contributed by atoms with Gasteiger partial charge in [0.1, 0.15) is 5.75 Å². The second-order valence-electron chi connectivity index (χ2n) is 5.48. The van der Waals surface area contributed by atoms with Gasteiger partial charge in [-0.25, -0.2) is 0 Å². The number of nitrogens with one attached hydrogen (secondary N) is 1. The molecule has 3 rings (SSSR count). The molecule has 0 saturated carbocycles. The largest absolute Gasteiger partial charge is 0.496 e.